The van der Waals surface area contributed by atoms with E-state index in [-0.39, 0.29) is 5.76 Å². The first-order valence-electron chi connectivity index (χ1n) is 4.88. The maximum atomic E-state index is 9.29. The van der Waals surface area contributed by atoms with Gasteiger partial charge in [0.1, 0.15) is 11.8 Å². The van der Waals surface area contributed by atoms with E-state index in [2.05, 4.69) is 0 Å². The molecule has 0 saturated carbocycles. The highest BCUT2D eigenvalue weighted by atomic mass is 16.3. The van der Waals surface area contributed by atoms with Crippen LogP contribution in [0.4, 0.5) is 0 Å². The Morgan fingerprint density at radius 2 is 2.00 bits per heavy atom. The normalized spacial score (nSPS) is 11.9. The lowest BCUT2D eigenvalue weighted by Crippen LogP contribution is -1.84. The maximum absolute atomic E-state index is 9.29. The van der Waals surface area contributed by atoms with E-state index in [1.165, 1.54) is 6.08 Å². The zero-order valence-corrected chi connectivity index (χ0v) is 9.41. The fourth-order valence-corrected chi connectivity index (χ4v) is 0.689. The van der Waals surface area contributed by atoms with E-state index >= 15 is 0 Å². The molecule has 0 aliphatic heterocycles. The van der Waals surface area contributed by atoms with Gasteiger partial charge in [-0.2, -0.15) is 5.26 Å². The first kappa shape index (κ1) is 15.0. The summed E-state index contributed by atoms with van der Waals surface area (Å²) in [4.78, 5) is 0. The fraction of sp³-hybridized carbons (Fsp3) is 0.417. The number of aliphatic hydroxyl groups excluding tert-OH is 1. The van der Waals surface area contributed by atoms with Gasteiger partial charge in [0, 0.05) is 0 Å². The summed E-state index contributed by atoms with van der Waals surface area (Å²) in [6.45, 7) is 7.76. The van der Waals surface area contributed by atoms with Gasteiger partial charge >= 0.3 is 0 Å². The smallest absolute Gasteiger partial charge is 0.132 e. The molecule has 0 amide bonds. The Balaban J connectivity index is 0. The van der Waals surface area contributed by atoms with Crippen LogP contribution in [0, 0.1) is 11.3 Å². The lowest BCUT2D eigenvalue weighted by Gasteiger charge is -1.93. The van der Waals surface area contributed by atoms with Crippen molar-refractivity contribution in [3.8, 4) is 6.07 Å². The van der Waals surface area contributed by atoms with Crippen LogP contribution in [0.15, 0.2) is 35.6 Å². The number of hydrogen-bond donors (Lipinski definition) is 1. The van der Waals surface area contributed by atoms with Gasteiger partial charge in [-0.1, -0.05) is 39.0 Å². The molecule has 0 spiro atoms. The second-order valence-corrected chi connectivity index (χ2v) is 2.22. The number of nitrogens with zero attached hydrogens (tertiary/aromatic N) is 1. The summed E-state index contributed by atoms with van der Waals surface area (Å²) in [6.07, 6.45) is 7.42. The minimum Gasteiger partial charge on any atom is -0.507 e. The second kappa shape index (κ2) is 11.5. The molecule has 14 heavy (non-hydrogen) atoms. The molecule has 0 aromatic rings. The lowest BCUT2D eigenvalue weighted by molar-refractivity contribution is 0.427. The van der Waals surface area contributed by atoms with Crippen molar-refractivity contribution in [3.63, 3.8) is 0 Å². The third-order valence-corrected chi connectivity index (χ3v) is 1.25. The zero-order valence-electron chi connectivity index (χ0n) is 9.41. The molecule has 0 aliphatic rings. The maximum Gasteiger partial charge on any atom is 0.132 e. The van der Waals surface area contributed by atoms with Crippen LogP contribution < -0.4 is 0 Å². The topological polar surface area (TPSA) is 44.0 Å². The summed E-state index contributed by atoms with van der Waals surface area (Å²) in [7, 11) is 0. The van der Waals surface area contributed by atoms with E-state index in [9.17, 15) is 5.11 Å². The van der Waals surface area contributed by atoms with E-state index in [0.717, 1.165) is 6.42 Å². The highest BCUT2D eigenvalue weighted by Crippen LogP contribution is 2.06. The van der Waals surface area contributed by atoms with Crippen LogP contribution >= 0.6 is 0 Å². The van der Waals surface area contributed by atoms with Crippen molar-refractivity contribution in [1.82, 2.24) is 0 Å². The summed E-state index contributed by atoms with van der Waals surface area (Å²) in [5, 5.41) is 17.9. The van der Waals surface area contributed by atoms with Crippen molar-refractivity contribution in [3.05, 3.63) is 35.6 Å². The van der Waals surface area contributed by atoms with Crippen molar-refractivity contribution < 1.29 is 5.11 Å². The van der Waals surface area contributed by atoms with Gasteiger partial charge in [0.15, 0.2) is 0 Å². The third kappa shape index (κ3) is 7.17. The van der Waals surface area contributed by atoms with Crippen molar-refractivity contribution in [2.45, 2.75) is 34.1 Å². The van der Waals surface area contributed by atoms with Gasteiger partial charge in [0.05, 0.1) is 5.57 Å². The summed E-state index contributed by atoms with van der Waals surface area (Å²) >= 11 is 0. The summed E-state index contributed by atoms with van der Waals surface area (Å²) < 4.78 is 0. The van der Waals surface area contributed by atoms with E-state index in [0.29, 0.717) is 5.57 Å². The van der Waals surface area contributed by atoms with Crippen molar-refractivity contribution in [1.29, 1.82) is 5.26 Å². The van der Waals surface area contributed by atoms with Crippen LogP contribution in [-0.2, 0) is 0 Å². The minimum absolute atomic E-state index is 0.0254. The number of allylic oxidation sites excluding steroid dienone is 5. The Morgan fingerprint density at radius 3 is 2.36 bits per heavy atom. The molecule has 0 aromatic heterocycles. The second-order valence-electron chi connectivity index (χ2n) is 2.22. The molecule has 0 aliphatic carbocycles. The largest absolute Gasteiger partial charge is 0.507 e. The number of aliphatic hydroxyl groups is 1. The first-order valence-corrected chi connectivity index (χ1v) is 4.88. The van der Waals surface area contributed by atoms with Crippen molar-refractivity contribution >= 4 is 0 Å². The Kier molecular flexibility index (Phi) is 12.3. The molecular formula is C12H19NO. The summed E-state index contributed by atoms with van der Waals surface area (Å²) in [6, 6.07) is 1.92. The molecule has 2 nitrogen and oxygen atoms in total. The van der Waals surface area contributed by atoms with E-state index in [1.54, 1.807) is 18.2 Å². The fourth-order valence-electron chi connectivity index (χ4n) is 0.689. The first-order chi connectivity index (χ1) is 6.76. The summed E-state index contributed by atoms with van der Waals surface area (Å²) in [5.74, 6) is 0.0254. The average molecular weight is 193 g/mol. The van der Waals surface area contributed by atoms with Gasteiger partial charge < -0.3 is 5.11 Å². The minimum atomic E-state index is 0.0254. The van der Waals surface area contributed by atoms with Gasteiger partial charge in [-0.25, -0.2) is 0 Å². The predicted molar refractivity (Wildman–Crippen MR) is 60.9 cm³/mol. The van der Waals surface area contributed by atoms with Crippen LogP contribution in [0.5, 0.6) is 0 Å². The Hall–Kier alpha value is -1.49. The van der Waals surface area contributed by atoms with Gasteiger partial charge in [-0.3, -0.25) is 0 Å². The lowest BCUT2D eigenvalue weighted by atomic mass is 10.2. The van der Waals surface area contributed by atoms with Crippen molar-refractivity contribution in [2.75, 3.05) is 0 Å². The Bertz CT molecular complexity index is 254. The van der Waals surface area contributed by atoms with Crippen LogP contribution in [0.25, 0.3) is 0 Å². The predicted octanol–water partition coefficient (Wildman–Crippen LogP) is 3.89. The molecule has 0 radical (unpaired) electrons. The third-order valence-electron chi connectivity index (χ3n) is 1.25. The van der Waals surface area contributed by atoms with Crippen LogP contribution in [0.2, 0.25) is 0 Å². The zero-order chi connectivity index (χ0) is 11.4. The van der Waals surface area contributed by atoms with E-state index < -0.39 is 0 Å². The highest BCUT2D eigenvalue weighted by Gasteiger charge is 1.97. The molecule has 78 valence electrons. The molecular weight excluding hydrogens is 174 g/mol. The van der Waals surface area contributed by atoms with Gasteiger partial charge in [0.25, 0.3) is 0 Å². The number of rotatable bonds is 3. The molecule has 0 atom stereocenters. The highest BCUT2D eigenvalue weighted by molar-refractivity contribution is 5.38. The SMILES string of the molecule is CC.C\C=C/C=C(O)\C(C#N)=C\CC. The van der Waals surface area contributed by atoms with Crippen molar-refractivity contribution in [2.24, 2.45) is 0 Å². The van der Waals surface area contributed by atoms with Gasteiger partial charge in [-0.05, 0) is 19.4 Å². The van der Waals surface area contributed by atoms with Crippen LogP contribution in [0.3, 0.4) is 0 Å². The van der Waals surface area contributed by atoms with Gasteiger partial charge in [0.2, 0.25) is 0 Å². The Labute approximate surface area is 86.9 Å². The van der Waals surface area contributed by atoms with Crippen LogP contribution in [-0.4, -0.2) is 5.11 Å². The number of nitriles is 1. The van der Waals surface area contributed by atoms with Crippen LogP contribution in [0.1, 0.15) is 34.1 Å². The molecule has 0 heterocycles. The quantitative estimate of drug-likeness (QED) is 0.420. The molecule has 0 saturated heterocycles. The van der Waals surface area contributed by atoms with E-state index in [1.807, 2.05) is 33.8 Å². The molecule has 0 unspecified atom stereocenters. The number of hydrogen-bond acceptors (Lipinski definition) is 2. The Morgan fingerprint density at radius 1 is 1.43 bits per heavy atom. The molecule has 0 bridgehead atoms. The monoisotopic (exact) mass is 193 g/mol. The average Bonchev–Trinajstić information content (AvgIpc) is 2.25. The molecule has 1 N–H and O–H groups in total. The van der Waals surface area contributed by atoms with E-state index in [4.69, 9.17) is 5.26 Å². The molecule has 0 fully saturated rings. The standard InChI is InChI=1S/C10H13NO.C2H6/c1-3-5-7-10(12)9(8-11)6-4-2;1-2/h3,5-7,12H,4H2,1-2H3;1-2H3/b5-3-,9-6+,10-7+;. The summed E-state index contributed by atoms with van der Waals surface area (Å²) in [5.41, 5.74) is 0.329. The molecule has 2 heteroatoms. The molecule has 0 rings (SSSR count). The van der Waals surface area contributed by atoms with Gasteiger partial charge in [-0.15, -0.1) is 0 Å². The molecule has 0 aromatic carbocycles.